The molecule has 1 rings (SSSR count). The molecule has 0 saturated carbocycles. The Hall–Kier alpha value is -0.120. The highest BCUT2D eigenvalue weighted by Crippen LogP contribution is 2.21. The predicted molar refractivity (Wildman–Crippen MR) is 63.9 cm³/mol. The van der Waals surface area contributed by atoms with Gasteiger partial charge in [-0.3, -0.25) is 0 Å². The van der Waals surface area contributed by atoms with Crippen molar-refractivity contribution >= 4 is 0 Å². The average Bonchev–Trinajstić information content (AvgIpc) is 2.44. The van der Waals surface area contributed by atoms with Crippen molar-refractivity contribution in [3.8, 4) is 0 Å². The van der Waals surface area contributed by atoms with Crippen LogP contribution in [-0.2, 0) is 0 Å². The molecular formula is C12H26N2O. The second-order valence-corrected chi connectivity index (χ2v) is 5.37. The molecule has 2 N–H and O–H groups in total. The van der Waals surface area contributed by atoms with Crippen molar-refractivity contribution in [1.29, 1.82) is 0 Å². The van der Waals surface area contributed by atoms with Crippen LogP contribution in [0.2, 0.25) is 0 Å². The highest BCUT2D eigenvalue weighted by molar-refractivity contribution is 4.82. The van der Waals surface area contributed by atoms with Crippen molar-refractivity contribution < 1.29 is 5.11 Å². The van der Waals surface area contributed by atoms with Crippen LogP contribution in [0.1, 0.15) is 27.7 Å². The van der Waals surface area contributed by atoms with Crippen LogP contribution in [0.15, 0.2) is 0 Å². The molecule has 0 aromatic heterocycles. The summed E-state index contributed by atoms with van der Waals surface area (Å²) in [5.74, 6) is 1.59. The van der Waals surface area contributed by atoms with Crippen LogP contribution in [0, 0.1) is 11.8 Å². The Kier molecular flexibility index (Phi) is 5.03. The number of likely N-dealkylation sites (tertiary alicyclic amines) is 1. The lowest BCUT2D eigenvalue weighted by Crippen LogP contribution is -2.45. The maximum Gasteiger partial charge on any atom is 0.0597 e. The average molecular weight is 214 g/mol. The molecule has 0 aromatic carbocycles. The first kappa shape index (κ1) is 12.9. The number of rotatable bonds is 5. The summed E-state index contributed by atoms with van der Waals surface area (Å²) in [6, 6.07) is 0.669. The fourth-order valence-electron chi connectivity index (χ4n) is 2.34. The molecule has 90 valence electrons. The van der Waals surface area contributed by atoms with Crippen molar-refractivity contribution in [3.63, 3.8) is 0 Å². The van der Waals surface area contributed by atoms with Gasteiger partial charge in [0.2, 0.25) is 0 Å². The van der Waals surface area contributed by atoms with Gasteiger partial charge in [-0.05, 0) is 11.8 Å². The molecule has 0 radical (unpaired) electrons. The van der Waals surface area contributed by atoms with Gasteiger partial charge in [-0.1, -0.05) is 27.7 Å². The van der Waals surface area contributed by atoms with Crippen molar-refractivity contribution in [2.45, 2.75) is 39.8 Å². The van der Waals surface area contributed by atoms with E-state index in [1.807, 2.05) is 0 Å². The number of nitrogens with one attached hydrogen (secondary N) is 1. The Labute approximate surface area is 93.9 Å². The molecule has 0 spiro atoms. The topological polar surface area (TPSA) is 35.5 Å². The van der Waals surface area contributed by atoms with Crippen LogP contribution in [0.3, 0.4) is 0 Å². The summed E-state index contributed by atoms with van der Waals surface area (Å²) in [4.78, 5) is 2.46. The van der Waals surface area contributed by atoms with E-state index in [0.717, 1.165) is 18.4 Å². The lowest BCUT2D eigenvalue weighted by Gasteiger charge is -2.25. The smallest absolute Gasteiger partial charge is 0.0597 e. The van der Waals surface area contributed by atoms with Crippen LogP contribution in [0.25, 0.3) is 0 Å². The fourth-order valence-corrected chi connectivity index (χ4v) is 2.34. The van der Waals surface area contributed by atoms with Gasteiger partial charge in [0, 0.05) is 31.7 Å². The predicted octanol–water partition coefficient (Wildman–Crippen LogP) is 0.933. The molecule has 0 aliphatic carbocycles. The zero-order valence-corrected chi connectivity index (χ0v) is 10.5. The molecule has 3 nitrogen and oxygen atoms in total. The molecular weight excluding hydrogens is 188 g/mol. The maximum absolute atomic E-state index is 9.28. The van der Waals surface area contributed by atoms with Crippen molar-refractivity contribution in [2.24, 2.45) is 11.8 Å². The van der Waals surface area contributed by atoms with E-state index >= 15 is 0 Å². The van der Waals surface area contributed by atoms with Crippen molar-refractivity contribution in [3.05, 3.63) is 0 Å². The molecule has 1 aliphatic rings. The molecule has 1 heterocycles. The number of aliphatic hydroxyl groups is 1. The third-order valence-corrected chi connectivity index (χ3v) is 3.33. The van der Waals surface area contributed by atoms with Crippen LogP contribution in [0.5, 0.6) is 0 Å². The van der Waals surface area contributed by atoms with Gasteiger partial charge < -0.3 is 15.3 Å². The molecule has 0 aromatic rings. The van der Waals surface area contributed by atoms with Gasteiger partial charge in [-0.2, -0.15) is 0 Å². The Morgan fingerprint density at radius 2 is 1.80 bits per heavy atom. The molecule has 1 fully saturated rings. The number of aliphatic hydroxyl groups excluding tert-OH is 1. The maximum atomic E-state index is 9.28. The Morgan fingerprint density at radius 3 is 2.20 bits per heavy atom. The van der Waals surface area contributed by atoms with Gasteiger partial charge >= 0.3 is 0 Å². The first-order chi connectivity index (χ1) is 7.02. The third-order valence-electron chi connectivity index (χ3n) is 3.33. The zero-order valence-electron chi connectivity index (χ0n) is 10.5. The highest BCUT2D eigenvalue weighted by atomic mass is 16.3. The van der Waals surface area contributed by atoms with Gasteiger partial charge in [0.25, 0.3) is 0 Å². The second-order valence-electron chi connectivity index (χ2n) is 5.37. The summed E-state index contributed by atoms with van der Waals surface area (Å²) in [6.07, 6.45) is 0. The minimum absolute atomic E-state index is 0.225. The molecule has 3 unspecified atom stereocenters. The number of hydrogen-bond acceptors (Lipinski definition) is 3. The lowest BCUT2D eigenvalue weighted by atomic mass is 10.0. The van der Waals surface area contributed by atoms with Crippen LogP contribution in [-0.4, -0.2) is 48.3 Å². The molecule has 0 bridgehead atoms. The molecule has 1 aliphatic heterocycles. The van der Waals surface area contributed by atoms with Gasteiger partial charge in [0.05, 0.1) is 6.61 Å². The van der Waals surface area contributed by atoms with E-state index in [-0.39, 0.29) is 12.6 Å². The van der Waals surface area contributed by atoms with E-state index < -0.39 is 0 Å². The third kappa shape index (κ3) is 4.09. The van der Waals surface area contributed by atoms with Crippen molar-refractivity contribution in [2.75, 3.05) is 26.2 Å². The first-order valence-corrected chi connectivity index (χ1v) is 6.12. The largest absolute Gasteiger partial charge is 0.395 e. The van der Waals surface area contributed by atoms with Gasteiger partial charge in [-0.15, -0.1) is 0 Å². The van der Waals surface area contributed by atoms with Crippen LogP contribution >= 0.6 is 0 Å². The summed E-state index contributed by atoms with van der Waals surface area (Å²) in [6.45, 7) is 12.4. The highest BCUT2D eigenvalue weighted by Gasteiger charge is 2.27. The van der Waals surface area contributed by atoms with E-state index in [4.69, 9.17) is 0 Å². The van der Waals surface area contributed by atoms with Crippen molar-refractivity contribution in [1.82, 2.24) is 10.2 Å². The Bertz CT molecular complexity index is 172. The molecule has 0 amide bonds. The number of nitrogens with zero attached hydrogens (tertiary/aromatic N) is 1. The lowest BCUT2D eigenvalue weighted by molar-refractivity contribution is 0.189. The van der Waals surface area contributed by atoms with E-state index in [2.05, 4.69) is 37.9 Å². The summed E-state index contributed by atoms with van der Waals surface area (Å²) >= 11 is 0. The molecule has 15 heavy (non-hydrogen) atoms. The summed E-state index contributed by atoms with van der Waals surface area (Å²) in [5.41, 5.74) is 0. The monoisotopic (exact) mass is 214 g/mol. The minimum atomic E-state index is 0.225. The minimum Gasteiger partial charge on any atom is -0.395 e. The Morgan fingerprint density at radius 1 is 1.27 bits per heavy atom. The van der Waals surface area contributed by atoms with E-state index in [0.29, 0.717) is 6.04 Å². The van der Waals surface area contributed by atoms with E-state index in [9.17, 15) is 5.11 Å². The van der Waals surface area contributed by atoms with Crippen LogP contribution < -0.4 is 5.32 Å². The SMILES string of the molecule is CC(C)NC(CO)CN1CC(C)C(C)C1. The van der Waals surface area contributed by atoms with Gasteiger partial charge in [0.1, 0.15) is 0 Å². The van der Waals surface area contributed by atoms with Gasteiger partial charge in [0.15, 0.2) is 0 Å². The molecule has 3 atom stereocenters. The Balaban J connectivity index is 2.33. The van der Waals surface area contributed by atoms with Crippen LogP contribution in [0.4, 0.5) is 0 Å². The quantitative estimate of drug-likeness (QED) is 0.715. The van der Waals surface area contributed by atoms with E-state index in [1.165, 1.54) is 13.1 Å². The first-order valence-electron chi connectivity index (χ1n) is 6.12. The summed E-state index contributed by atoms with van der Waals surface area (Å²) in [5, 5.41) is 12.7. The molecule has 1 saturated heterocycles. The van der Waals surface area contributed by atoms with E-state index in [1.54, 1.807) is 0 Å². The standard InChI is InChI=1S/C12H26N2O/c1-9(2)13-12(8-15)7-14-5-10(3)11(4)6-14/h9-13,15H,5-8H2,1-4H3. The molecule has 3 heteroatoms. The second kappa shape index (κ2) is 5.83. The zero-order chi connectivity index (χ0) is 11.4. The summed E-state index contributed by atoms with van der Waals surface area (Å²) in [7, 11) is 0. The number of hydrogen-bond donors (Lipinski definition) is 2. The fraction of sp³-hybridized carbons (Fsp3) is 1.00. The normalized spacial score (nSPS) is 30.0. The summed E-state index contributed by atoms with van der Waals surface area (Å²) < 4.78 is 0. The van der Waals surface area contributed by atoms with Gasteiger partial charge in [-0.25, -0.2) is 0 Å².